The number of benzene rings is 1. The zero-order valence-corrected chi connectivity index (χ0v) is 19.2. The molecule has 1 saturated heterocycles. The van der Waals surface area contributed by atoms with E-state index in [0.717, 1.165) is 30.3 Å². The third-order valence-electron chi connectivity index (χ3n) is 5.29. The second-order valence-electron chi connectivity index (χ2n) is 8.55. The molecular weight excluding hydrogens is 438 g/mol. The summed E-state index contributed by atoms with van der Waals surface area (Å²) in [5, 5.41) is 10.6. The van der Waals surface area contributed by atoms with Gasteiger partial charge in [-0.2, -0.15) is 0 Å². The first-order chi connectivity index (χ1) is 13.6. The lowest BCUT2D eigenvalue weighted by atomic mass is 9.89. The van der Waals surface area contributed by atoms with Gasteiger partial charge in [0.25, 0.3) is 0 Å². The molecule has 1 heterocycles. The van der Waals surface area contributed by atoms with Gasteiger partial charge >= 0.3 is 12.1 Å². The molecule has 4 atom stereocenters. The van der Waals surface area contributed by atoms with E-state index in [2.05, 4.69) is 15.9 Å². The van der Waals surface area contributed by atoms with E-state index in [1.807, 2.05) is 37.3 Å². The predicted octanol–water partition coefficient (Wildman–Crippen LogP) is 5.10. The number of carboxylic acid groups (broad SMARTS) is 1. The second kappa shape index (κ2) is 10.3. The SMILES string of the molecule is C[C@@H]1OC(=O)[C@@H](N(C(=O)O)C(C)(C)C)CCC[C@H](CCBr)[C@H]1Oc1ccccc1. The van der Waals surface area contributed by atoms with E-state index in [1.54, 1.807) is 20.8 Å². The Bertz CT molecular complexity index is 676. The number of cyclic esters (lactones) is 1. The molecule has 1 aromatic rings. The molecule has 1 N–H and O–H groups in total. The Morgan fingerprint density at radius 3 is 2.48 bits per heavy atom. The number of carbonyl (C=O) groups excluding carboxylic acids is 1. The van der Waals surface area contributed by atoms with Crippen molar-refractivity contribution in [1.82, 2.24) is 4.90 Å². The number of para-hydroxylation sites is 1. The average Bonchev–Trinajstić information content (AvgIpc) is 2.67. The van der Waals surface area contributed by atoms with Crippen molar-refractivity contribution in [2.75, 3.05) is 5.33 Å². The maximum Gasteiger partial charge on any atom is 0.408 e. The molecule has 1 aromatic carbocycles. The van der Waals surface area contributed by atoms with Crippen LogP contribution in [0.5, 0.6) is 5.75 Å². The van der Waals surface area contributed by atoms with Gasteiger partial charge in [0, 0.05) is 16.8 Å². The molecule has 0 bridgehead atoms. The summed E-state index contributed by atoms with van der Waals surface area (Å²) >= 11 is 3.53. The molecule has 0 unspecified atom stereocenters. The van der Waals surface area contributed by atoms with Gasteiger partial charge < -0.3 is 14.6 Å². The van der Waals surface area contributed by atoms with Crippen LogP contribution in [0.1, 0.15) is 53.4 Å². The summed E-state index contributed by atoms with van der Waals surface area (Å²) in [7, 11) is 0. The number of hydrogen-bond donors (Lipinski definition) is 1. The molecule has 0 spiro atoms. The summed E-state index contributed by atoms with van der Waals surface area (Å²) in [6.45, 7) is 7.20. The van der Waals surface area contributed by atoms with E-state index >= 15 is 0 Å². The lowest BCUT2D eigenvalue weighted by molar-refractivity contribution is -0.161. The van der Waals surface area contributed by atoms with Crippen LogP contribution < -0.4 is 4.74 Å². The molecule has 0 aliphatic carbocycles. The van der Waals surface area contributed by atoms with Crippen LogP contribution >= 0.6 is 15.9 Å². The number of nitrogens with zero attached hydrogens (tertiary/aromatic N) is 1. The van der Waals surface area contributed by atoms with Crippen LogP contribution in [0.4, 0.5) is 4.79 Å². The smallest absolute Gasteiger partial charge is 0.408 e. The Morgan fingerprint density at radius 2 is 1.93 bits per heavy atom. The van der Waals surface area contributed by atoms with E-state index in [1.165, 1.54) is 4.90 Å². The monoisotopic (exact) mass is 469 g/mol. The minimum Gasteiger partial charge on any atom is -0.486 e. The van der Waals surface area contributed by atoms with Crippen LogP contribution in [0.2, 0.25) is 0 Å². The summed E-state index contributed by atoms with van der Waals surface area (Å²) < 4.78 is 12.0. The number of alkyl halides is 1. The van der Waals surface area contributed by atoms with Crippen molar-refractivity contribution in [2.45, 2.75) is 77.2 Å². The van der Waals surface area contributed by atoms with Crippen LogP contribution in [0.15, 0.2) is 30.3 Å². The van der Waals surface area contributed by atoms with Crippen LogP contribution in [0.3, 0.4) is 0 Å². The molecule has 1 amide bonds. The number of amides is 1. The van der Waals surface area contributed by atoms with Crippen molar-refractivity contribution >= 4 is 28.0 Å². The zero-order valence-electron chi connectivity index (χ0n) is 17.6. The molecular formula is C22H32BrNO5. The molecule has 6 nitrogen and oxygen atoms in total. The summed E-state index contributed by atoms with van der Waals surface area (Å²) in [5.41, 5.74) is -0.706. The fraction of sp³-hybridized carbons (Fsp3) is 0.636. The molecule has 0 radical (unpaired) electrons. The van der Waals surface area contributed by atoms with E-state index < -0.39 is 29.7 Å². The highest BCUT2D eigenvalue weighted by Gasteiger charge is 2.41. The van der Waals surface area contributed by atoms with Gasteiger partial charge in [0.1, 0.15) is 24.0 Å². The number of halogens is 1. The molecule has 162 valence electrons. The Morgan fingerprint density at radius 1 is 1.28 bits per heavy atom. The highest BCUT2D eigenvalue weighted by molar-refractivity contribution is 9.09. The zero-order chi connectivity index (χ0) is 21.6. The molecule has 1 aliphatic rings. The van der Waals surface area contributed by atoms with Crippen LogP contribution in [-0.2, 0) is 9.53 Å². The van der Waals surface area contributed by atoms with Crippen molar-refractivity contribution in [3.05, 3.63) is 30.3 Å². The minimum absolute atomic E-state index is 0.184. The van der Waals surface area contributed by atoms with Gasteiger partial charge in [-0.25, -0.2) is 9.59 Å². The first-order valence-corrected chi connectivity index (χ1v) is 11.3. The van der Waals surface area contributed by atoms with Gasteiger partial charge in [0.15, 0.2) is 0 Å². The maximum absolute atomic E-state index is 13.0. The number of ether oxygens (including phenoxy) is 2. The van der Waals surface area contributed by atoms with Crippen LogP contribution in [0, 0.1) is 5.92 Å². The quantitative estimate of drug-likeness (QED) is 0.479. The van der Waals surface area contributed by atoms with Crippen molar-refractivity contribution in [2.24, 2.45) is 5.92 Å². The molecule has 1 fully saturated rings. The van der Waals surface area contributed by atoms with Crippen molar-refractivity contribution in [3.8, 4) is 5.75 Å². The second-order valence-corrected chi connectivity index (χ2v) is 9.34. The third kappa shape index (κ3) is 6.36. The number of carbonyl (C=O) groups is 2. The standard InChI is InChI=1S/C22H32BrNO5/c1-15-19(29-17-10-6-5-7-11-17)16(13-14-23)9-8-12-18(20(25)28-15)24(21(26)27)22(2,3)4/h5-7,10-11,15-16,18-19H,8-9,12-14H2,1-4H3,(H,26,27)/t15-,16+,18-,19-/m0/s1. The van der Waals surface area contributed by atoms with Gasteiger partial charge in [-0.1, -0.05) is 40.5 Å². The summed E-state index contributed by atoms with van der Waals surface area (Å²) in [6, 6.07) is 8.69. The maximum atomic E-state index is 13.0. The normalized spacial score (nSPS) is 25.9. The lowest BCUT2D eigenvalue weighted by Gasteiger charge is -2.38. The molecule has 7 heteroatoms. The highest BCUT2D eigenvalue weighted by atomic mass is 79.9. The Hall–Kier alpha value is -1.76. The summed E-state index contributed by atoms with van der Waals surface area (Å²) in [4.78, 5) is 26.1. The largest absolute Gasteiger partial charge is 0.486 e. The summed E-state index contributed by atoms with van der Waals surface area (Å²) in [6.07, 6.45) is 0.961. The fourth-order valence-corrected chi connectivity index (χ4v) is 4.57. The summed E-state index contributed by atoms with van der Waals surface area (Å²) in [5.74, 6) is 0.414. The first kappa shape index (κ1) is 23.5. The lowest BCUT2D eigenvalue weighted by Crippen LogP contribution is -2.55. The van der Waals surface area contributed by atoms with Crippen LogP contribution in [-0.4, -0.2) is 51.2 Å². The highest BCUT2D eigenvalue weighted by Crippen LogP contribution is 2.31. The van der Waals surface area contributed by atoms with E-state index in [9.17, 15) is 14.7 Å². The van der Waals surface area contributed by atoms with Gasteiger partial charge in [0.05, 0.1) is 0 Å². The minimum atomic E-state index is -1.11. The van der Waals surface area contributed by atoms with E-state index in [4.69, 9.17) is 9.47 Å². The number of hydrogen-bond acceptors (Lipinski definition) is 4. The molecule has 0 saturated carbocycles. The molecule has 29 heavy (non-hydrogen) atoms. The number of rotatable bonds is 5. The fourth-order valence-electron chi connectivity index (χ4n) is 3.99. The topological polar surface area (TPSA) is 76.1 Å². The molecule has 1 aliphatic heterocycles. The molecule has 2 rings (SSSR count). The predicted molar refractivity (Wildman–Crippen MR) is 116 cm³/mol. The Kier molecular flexibility index (Phi) is 8.37. The average molecular weight is 470 g/mol. The van der Waals surface area contributed by atoms with E-state index in [0.29, 0.717) is 6.42 Å². The first-order valence-electron chi connectivity index (χ1n) is 10.2. The van der Waals surface area contributed by atoms with Gasteiger partial charge in [-0.05, 0) is 59.1 Å². The third-order valence-corrected chi connectivity index (χ3v) is 5.75. The Balaban J connectivity index is 2.30. The van der Waals surface area contributed by atoms with E-state index in [-0.39, 0.29) is 12.0 Å². The van der Waals surface area contributed by atoms with Gasteiger partial charge in [-0.15, -0.1) is 0 Å². The van der Waals surface area contributed by atoms with Gasteiger partial charge in [-0.3, -0.25) is 4.90 Å². The molecule has 0 aromatic heterocycles. The van der Waals surface area contributed by atoms with Crippen molar-refractivity contribution < 1.29 is 24.2 Å². The van der Waals surface area contributed by atoms with Crippen molar-refractivity contribution in [3.63, 3.8) is 0 Å². The van der Waals surface area contributed by atoms with Gasteiger partial charge in [0.2, 0.25) is 0 Å². The number of esters is 1. The van der Waals surface area contributed by atoms with Crippen LogP contribution in [0.25, 0.3) is 0 Å². The van der Waals surface area contributed by atoms with Crippen molar-refractivity contribution in [1.29, 1.82) is 0 Å². The Labute approximate surface area is 181 Å².